The molecule has 3 nitrogen and oxygen atoms in total. The molecule has 1 aromatic rings. The van der Waals surface area contributed by atoms with Crippen molar-refractivity contribution in [1.29, 1.82) is 0 Å². The van der Waals surface area contributed by atoms with Gasteiger partial charge in [0.2, 0.25) is 0 Å². The second-order valence-corrected chi connectivity index (χ2v) is 4.14. The van der Waals surface area contributed by atoms with Crippen LogP contribution in [0.15, 0.2) is 17.8 Å². The lowest BCUT2D eigenvalue weighted by molar-refractivity contribution is 0.652. The number of allylic oxidation sites excluding steroid dienone is 1. The highest BCUT2D eigenvalue weighted by Crippen LogP contribution is 2.28. The van der Waals surface area contributed by atoms with Gasteiger partial charge in [-0.3, -0.25) is 0 Å². The highest BCUT2D eigenvalue weighted by Gasteiger charge is 2.15. The summed E-state index contributed by atoms with van der Waals surface area (Å²) in [5.41, 5.74) is 7.43. The van der Waals surface area contributed by atoms with E-state index < -0.39 is 0 Å². The molecule has 1 aliphatic carbocycles. The summed E-state index contributed by atoms with van der Waals surface area (Å²) >= 11 is 1.40. The Morgan fingerprint density at radius 3 is 3.00 bits per heavy atom. The normalized spacial score (nSPS) is 19.6. The van der Waals surface area contributed by atoms with Gasteiger partial charge < -0.3 is 5.73 Å². The fraction of sp³-hybridized carbons (Fsp3) is 0.556. The molecule has 0 spiro atoms. The highest BCUT2D eigenvalue weighted by atomic mass is 32.1. The largest absolute Gasteiger partial charge is 0.320 e. The first kappa shape index (κ1) is 8.84. The van der Waals surface area contributed by atoms with E-state index in [-0.39, 0.29) is 6.04 Å². The minimum absolute atomic E-state index is 0.0419. The number of nitrogens with zero attached hydrogens (tertiary/aromatic N) is 2. The predicted molar refractivity (Wildman–Crippen MR) is 53.4 cm³/mol. The summed E-state index contributed by atoms with van der Waals surface area (Å²) in [5, 5.41) is 3.80. The van der Waals surface area contributed by atoms with E-state index in [1.807, 2.05) is 0 Å². The van der Waals surface area contributed by atoms with Crippen LogP contribution in [0.4, 0.5) is 0 Å². The Morgan fingerprint density at radius 1 is 1.46 bits per heavy atom. The summed E-state index contributed by atoms with van der Waals surface area (Å²) in [5.74, 6) is 0. The Hall–Kier alpha value is -0.740. The number of nitrogens with two attached hydrogens (primary N) is 1. The summed E-state index contributed by atoms with van der Waals surface area (Å²) in [6.07, 6.45) is 8.93. The van der Waals surface area contributed by atoms with E-state index in [9.17, 15) is 0 Å². The standard InChI is InChI=1S/C9H13N3S/c10-9(8-6-11-12-13-8)7-4-2-1-3-5-7/h4,6,9H,1-3,5,10H2. The topological polar surface area (TPSA) is 51.8 Å². The van der Waals surface area contributed by atoms with E-state index in [4.69, 9.17) is 5.73 Å². The van der Waals surface area contributed by atoms with Crippen LogP contribution in [0.3, 0.4) is 0 Å². The zero-order chi connectivity index (χ0) is 9.10. The highest BCUT2D eigenvalue weighted by molar-refractivity contribution is 7.05. The van der Waals surface area contributed by atoms with E-state index in [1.54, 1.807) is 6.20 Å². The third kappa shape index (κ3) is 1.95. The fourth-order valence-corrected chi connectivity index (χ4v) is 2.19. The Labute approximate surface area is 81.8 Å². The summed E-state index contributed by atoms with van der Waals surface area (Å²) < 4.78 is 3.82. The molecule has 1 aliphatic rings. The van der Waals surface area contributed by atoms with Gasteiger partial charge in [0.1, 0.15) is 0 Å². The van der Waals surface area contributed by atoms with Crippen LogP contribution in [-0.4, -0.2) is 9.59 Å². The molecule has 13 heavy (non-hydrogen) atoms. The first-order valence-electron chi connectivity index (χ1n) is 4.59. The van der Waals surface area contributed by atoms with Gasteiger partial charge in [0, 0.05) is 0 Å². The zero-order valence-corrected chi connectivity index (χ0v) is 8.26. The molecule has 0 fully saturated rings. The van der Waals surface area contributed by atoms with E-state index in [0.717, 1.165) is 11.3 Å². The maximum Gasteiger partial charge on any atom is 0.0672 e. The average Bonchev–Trinajstić information content (AvgIpc) is 2.71. The third-order valence-electron chi connectivity index (χ3n) is 2.41. The van der Waals surface area contributed by atoms with Crippen molar-refractivity contribution in [2.24, 2.45) is 5.73 Å². The lowest BCUT2D eigenvalue weighted by Gasteiger charge is -2.17. The van der Waals surface area contributed by atoms with Crippen molar-refractivity contribution in [2.75, 3.05) is 0 Å². The van der Waals surface area contributed by atoms with Gasteiger partial charge in [-0.25, -0.2) is 0 Å². The van der Waals surface area contributed by atoms with Crippen molar-refractivity contribution >= 4 is 11.5 Å². The molecular formula is C9H13N3S. The van der Waals surface area contributed by atoms with Gasteiger partial charge in [0.05, 0.1) is 17.1 Å². The van der Waals surface area contributed by atoms with Crippen LogP contribution in [0, 0.1) is 0 Å². The molecule has 0 amide bonds. The Balaban J connectivity index is 2.12. The Morgan fingerprint density at radius 2 is 2.38 bits per heavy atom. The Bertz CT molecular complexity index is 292. The molecule has 0 saturated heterocycles. The van der Waals surface area contributed by atoms with Crippen molar-refractivity contribution < 1.29 is 0 Å². The van der Waals surface area contributed by atoms with Crippen LogP contribution in [0.25, 0.3) is 0 Å². The van der Waals surface area contributed by atoms with E-state index in [0.29, 0.717) is 0 Å². The molecule has 4 heteroatoms. The number of rotatable bonds is 2. The van der Waals surface area contributed by atoms with Gasteiger partial charge in [-0.05, 0) is 37.2 Å². The van der Waals surface area contributed by atoms with Gasteiger partial charge >= 0.3 is 0 Å². The molecule has 2 rings (SSSR count). The lowest BCUT2D eigenvalue weighted by Crippen LogP contribution is -2.13. The maximum atomic E-state index is 6.08. The molecule has 1 unspecified atom stereocenters. The van der Waals surface area contributed by atoms with Crippen LogP contribution in [0.5, 0.6) is 0 Å². The minimum atomic E-state index is 0.0419. The van der Waals surface area contributed by atoms with Crippen molar-refractivity contribution in [3.8, 4) is 0 Å². The molecular weight excluding hydrogens is 182 g/mol. The van der Waals surface area contributed by atoms with Crippen LogP contribution >= 0.6 is 11.5 Å². The molecule has 0 aliphatic heterocycles. The molecule has 1 atom stereocenters. The molecule has 0 radical (unpaired) electrons. The number of aromatic nitrogens is 2. The zero-order valence-electron chi connectivity index (χ0n) is 7.44. The van der Waals surface area contributed by atoms with Crippen molar-refractivity contribution in [3.05, 3.63) is 22.7 Å². The average molecular weight is 195 g/mol. The summed E-state index contributed by atoms with van der Waals surface area (Å²) in [6.45, 7) is 0. The summed E-state index contributed by atoms with van der Waals surface area (Å²) in [4.78, 5) is 1.08. The SMILES string of the molecule is NC(C1=CCCCC1)c1cnns1. The molecule has 70 valence electrons. The quantitative estimate of drug-likeness (QED) is 0.735. The van der Waals surface area contributed by atoms with Gasteiger partial charge in [0.25, 0.3) is 0 Å². The van der Waals surface area contributed by atoms with Gasteiger partial charge in [0.15, 0.2) is 0 Å². The number of hydrogen-bond donors (Lipinski definition) is 1. The van der Waals surface area contributed by atoms with Crippen LogP contribution in [0.2, 0.25) is 0 Å². The molecule has 0 bridgehead atoms. The smallest absolute Gasteiger partial charge is 0.0672 e. The van der Waals surface area contributed by atoms with Gasteiger partial charge in [-0.1, -0.05) is 16.1 Å². The van der Waals surface area contributed by atoms with Crippen LogP contribution in [-0.2, 0) is 0 Å². The molecule has 0 aromatic carbocycles. The van der Waals surface area contributed by atoms with E-state index >= 15 is 0 Å². The first-order chi connectivity index (χ1) is 6.38. The third-order valence-corrected chi connectivity index (χ3v) is 3.16. The van der Waals surface area contributed by atoms with Gasteiger partial charge in [-0.15, -0.1) is 5.10 Å². The predicted octanol–water partition coefficient (Wildman–Crippen LogP) is 2.04. The van der Waals surface area contributed by atoms with Gasteiger partial charge in [-0.2, -0.15) is 0 Å². The molecule has 2 N–H and O–H groups in total. The second kappa shape index (κ2) is 3.98. The Kier molecular flexibility index (Phi) is 2.71. The van der Waals surface area contributed by atoms with Crippen molar-refractivity contribution in [1.82, 2.24) is 9.59 Å². The molecule has 1 heterocycles. The monoisotopic (exact) mass is 195 g/mol. The van der Waals surface area contributed by atoms with Crippen LogP contribution < -0.4 is 5.73 Å². The first-order valence-corrected chi connectivity index (χ1v) is 5.37. The summed E-state index contributed by atoms with van der Waals surface area (Å²) in [7, 11) is 0. The van der Waals surface area contributed by atoms with Crippen LogP contribution in [0.1, 0.15) is 36.6 Å². The van der Waals surface area contributed by atoms with E-state index in [2.05, 4.69) is 15.7 Å². The van der Waals surface area contributed by atoms with Crippen molar-refractivity contribution in [3.63, 3.8) is 0 Å². The fourth-order valence-electron chi connectivity index (χ4n) is 1.64. The summed E-state index contributed by atoms with van der Waals surface area (Å²) in [6, 6.07) is 0.0419. The van der Waals surface area contributed by atoms with E-state index in [1.165, 1.54) is 36.4 Å². The number of hydrogen-bond acceptors (Lipinski definition) is 4. The van der Waals surface area contributed by atoms with Crippen molar-refractivity contribution in [2.45, 2.75) is 31.7 Å². The minimum Gasteiger partial charge on any atom is -0.320 e. The molecule has 0 saturated carbocycles. The maximum absolute atomic E-state index is 6.08. The molecule has 1 aromatic heterocycles. The second-order valence-electron chi connectivity index (χ2n) is 3.32. The lowest BCUT2D eigenvalue weighted by atomic mass is 9.94.